The van der Waals surface area contributed by atoms with Crippen LogP contribution in [-0.2, 0) is 14.6 Å². The van der Waals surface area contributed by atoms with Gasteiger partial charge in [0.15, 0.2) is 15.7 Å². The van der Waals surface area contributed by atoms with Crippen molar-refractivity contribution >= 4 is 27.3 Å². The smallest absolute Gasteiger partial charge is 0.242 e. The minimum atomic E-state index is -3.57. The van der Waals surface area contributed by atoms with Gasteiger partial charge in [0, 0.05) is 11.8 Å². The minimum absolute atomic E-state index is 0.0437. The number of nitrogens with two attached hydrogens (primary N) is 1. The van der Waals surface area contributed by atoms with Crippen LogP contribution in [-0.4, -0.2) is 36.9 Å². The third-order valence-electron chi connectivity index (χ3n) is 2.63. The Balaban J connectivity index is 3.13. The van der Waals surface area contributed by atoms with Crippen molar-refractivity contribution in [2.24, 2.45) is 10.9 Å². The Morgan fingerprint density at radius 2 is 2.10 bits per heavy atom. The topological polar surface area (TPSA) is 122 Å². The summed E-state index contributed by atoms with van der Waals surface area (Å²) in [6.07, 6.45) is 0.923. The van der Waals surface area contributed by atoms with E-state index in [0.29, 0.717) is 0 Å². The van der Waals surface area contributed by atoms with Crippen molar-refractivity contribution in [1.82, 2.24) is 0 Å². The zero-order valence-electron chi connectivity index (χ0n) is 10.8. The van der Waals surface area contributed by atoms with E-state index in [4.69, 9.17) is 10.9 Å². The number of nitrogens with zero attached hydrogens (tertiary/aromatic N) is 1. The highest BCUT2D eigenvalue weighted by Crippen LogP contribution is 2.18. The summed E-state index contributed by atoms with van der Waals surface area (Å²) in [5.41, 5.74) is 5.35. The van der Waals surface area contributed by atoms with Crippen LogP contribution in [0.4, 0.5) is 10.1 Å². The lowest BCUT2D eigenvalue weighted by Crippen LogP contribution is -2.32. The first kappa shape index (κ1) is 15.9. The first-order valence-corrected chi connectivity index (χ1v) is 7.39. The monoisotopic (exact) mass is 303 g/mol. The van der Waals surface area contributed by atoms with Crippen molar-refractivity contribution in [3.8, 4) is 0 Å². The largest absolute Gasteiger partial charge is 0.409 e. The summed E-state index contributed by atoms with van der Waals surface area (Å²) in [5.74, 6) is -1.86. The molecule has 0 aliphatic carbocycles. The predicted octanol–water partition coefficient (Wildman–Crippen LogP) is 0.292. The maximum atomic E-state index is 13.1. The summed E-state index contributed by atoms with van der Waals surface area (Å²) in [5, 5.41) is 12.3. The Morgan fingerprint density at radius 1 is 1.50 bits per heavy atom. The fourth-order valence-electron chi connectivity index (χ4n) is 1.32. The lowest BCUT2D eigenvalue weighted by molar-refractivity contribution is -0.115. The van der Waals surface area contributed by atoms with Gasteiger partial charge in [0.1, 0.15) is 11.1 Å². The number of sulfone groups is 1. The van der Waals surface area contributed by atoms with Crippen LogP contribution >= 0.6 is 0 Å². The zero-order valence-corrected chi connectivity index (χ0v) is 11.6. The van der Waals surface area contributed by atoms with Gasteiger partial charge in [0.05, 0.1) is 5.69 Å². The van der Waals surface area contributed by atoms with Crippen molar-refractivity contribution in [1.29, 1.82) is 0 Å². The molecule has 0 spiro atoms. The second kappa shape index (κ2) is 5.87. The number of benzene rings is 1. The molecule has 4 N–H and O–H groups in total. The summed E-state index contributed by atoms with van der Waals surface area (Å²) in [4.78, 5) is 11.8. The fourth-order valence-corrected chi connectivity index (χ4v) is 1.77. The van der Waals surface area contributed by atoms with Crippen LogP contribution in [0, 0.1) is 5.82 Å². The third-order valence-corrected chi connectivity index (χ3v) is 4.13. The van der Waals surface area contributed by atoms with E-state index in [-0.39, 0.29) is 11.3 Å². The highest BCUT2D eigenvalue weighted by atomic mass is 32.2. The van der Waals surface area contributed by atoms with Crippen LogP contribution in [0.1, 0.15) is 12.5 Å². The van der Waals surface area contributed by atoms with E-state index in [0.717, 1.165) is 18.4 Å². The number of rotatable bonds is 4. The number of amides is 1. The molecule has 0 heterocycles. The molecule has 0 fully saturated rings. The lowest BCUT2D eigenvalue weighted by Gasteiger charge is -2.13. The zero-order chi connectivity index (χ0) is 15.5. The second-order valence-corrected chi connectivity index (χ2v) is 6.50. The number of carbonyl (C=O) groups is 1. The SMILES string of the molecule is CC(C(=O)Nc1ccc(F)cc1/C(N)=N/O)S(C)(=O)=O. The fraction of sp³-hybridized carbons (Fsp3) is 0.273. The van der Waals surface area contributed by atoms with Crippen molar-refractivity contribution in [2.75, 3.05) is 11.6 Å². The maximum Gasteiger partial charge on any atom is 0.242 e. The molecule has 1 aromatic rings. The summed E-state index contributed by atoms with van der Waals surface area (Å²) in [6, 6.07) is 3.19. The maximum absolute atomic E-state index is 13.1. The van der Waals surface area contributed by atoms with Crippen molar-refractivity contribution < 1.29 is 22.8 Å². The number of amidine groups is 1. The average molecular weight is 303 g/mol. The standard InChI is InChI=1S/C11H14FN3O4S/c1-6(20(2,18)19)11(16)14-9-4-3-7(12)5-8(9)10(13)15-17/h3-6,17H,1-2H3,(H2,13,15)(H,14,16). The molecule has 7 nitrogen and oxygen atoms in total. The quantitative estimate of drug-likeness (QED) is 0.319. The van der Waals surface area contributed by atoms with E-state index in [1.165, 1.54) is 13.0 Å². The minimum Gasteiger partial charge on any atom is -0.409 e. The summed E-state index contributed by atoms with van der Waals surface area (Å²) in [7, 11) is -3.57. The first-order chi connectivity index (χ1) is 9.16. The number of hydrogen-bond donors (Lipinski definition) is 3. The van der Waals surface area contributed by atoms with Crippen LogP contribution in [0.5, 0.6) is 0 Å². The molecular formula is C11H14FN3O4S. The third kappa shape index (κ3) is 3.67. The molecule has 1 aromatic carbocycles. The van der Waals surface area contributed by atoms with Crippen LogP contribution in [0.3, 0.4) is 0 Å². The molecule has 0 bridgehead atoms. The molecule has 9 heteroatoms. The second-order valence-electron chi connectivity index (χ2n) is 4.14. The normalized spacial score (nSPS) is 13.8. The lowest BCUT2D eigenvalue weighted by atomic mass is 10.1. The molecule has 20 heavy (non-hydrogen) atoms. The number of oxime groups is 1. The number of halogens is 1. The van der Waals surface area contributed by atoms with E-state index >= 15 is 0 Å². The molecule has 0 saturated carbocycles. The molecule has 0 aliphatic rings. The van der Waals surface area contributed by atoms with E-state index in [9.17, 15) is 17.6 Å². The van der Waals surface area contributed by atoms with Crippen LogP contribution < -0.4 is 11.1 Å². The highest BCUT2D eigenvalue weighted by Gasteiger charge is 2.24. The Hall–Kier alpha value is -2.16. The molecule has 1 amide bonds. The van der Waals surface area contributed by atoms with Gasteiger partial charge in [0.25, 0.3) is 0 Å². The first-order valence-electron chi connectivity index (χ1n) is 5.44. The van der Waals surface area contributed by atoms with Gasteiger partial charge in [-0.15, -0.1) is 0 Å². The van der Waals surface area contributed by atoms with E-state index in [1.54, 1.807) is 0 Å². The Kier molecular flexibility index (Phi) is 4.66. The molecule has 1 atom stereocenters. The van der Waals surface area contributed by atoms with E-state index < -0.39 is 32.6 Å². The van der Waals surface area contributed by atoms with E-state index in [2.05, 4.69) is 10.5 Å². The van der Waals surface area contributed by atoms with Crippen LogP contribution in [0.25, 0.3) is 0 Å². The molecule has 0 saturated heterocycles. The van der Waals surface area contributed by atoms with Gasteiger partial charge in [-0.05, 0) is 25.1 Å². The number of carbonyl (C=O) groups excluding carboxylic acids is 1. The molecule has 110 valence electrons. The summed E-state index contributed by atoms with van der Waals surface area (Å²) >= 11 is 0. The average Bonchev–Trinajstić information content (AvgIpc) is 2.37. The van der Waals surface area contributed by atoms with Gasteiger partial charge in [0.2, 0.25) is 5.91 Å². The predicted molar refractivity (Wildman–Crippen MR) is 71.8 cm³/mol. The molecular weight excluding hydrogens is 289 g/mol. The van der Waals surface area contributed by atoms with E-state index in [1.807, 2.05) is 0 Å². The molecule has 0 aromatic heterocycles. The van der Waals surface area contributed by atoms with Gasteiger partial charge >= 0.3 is 0 Å². The molecule has 1 rings (SSSR count). The summed E-state index contributed by atoms with van der Waals surface area (Å²) in [6.45, 7) is 1.22. The van der Waals surface area contributed by atoms with Crippen molar-refractivity contribution in [3.63, 3.8) is 0 Å². The van der Waals surface area contributed by atoms with Gasteiger partial charge in [-0.1, -0.05) is 5.16 Å². The number of nitrogens with one attached hydrogen (secondary N) is 1. The molecule has 0 aliphatic heterocycles. The van der Waals surface area contributed by atoms with Crippen molar-refractivity contribution in [3.05, 3.63) is 29.6 Å². The Labute approximate surface area is 115 Å². The van der Waals surface area contributed by atoms with Gasteiger partial charge in [-0.25, -0.2) is 12.8 Å². The van der Waals surface area contributed by atoms with Gasteiger partial charge < -0.3 is 16.3 Å². The number of hydrogen-bond acceptors (Lipinski definition) is 5. The Bertz CT molecular complexity index is 658. The highest BCUT2D eigenvalue weighted by molar-refractivity contribution is 7.92. The number of anilines is 1. The molecule has 1 unspecified atom stereocenters. The van der Waals surface area contributed by atoms with Crippen LogP contribution in [0.15, 0.2) is 23.4 Å². The van der Waals surface area contributed by atoms with Gasteiger partial charge in [-0.2, -0.15) is 0 Å². The van der Waals surface area contributed by atoms with Crippen molar-refractivity contribution in [2.45, 2.75) is 12.2 Å². The molecule has 0 radical (unpaired) electrons. The van der Waals surface area contributed by atoms with Crippen LogP contribution in [0.2, 0.25) is 0 Å². The summed E-state index contributed by atoms with van der Waals surface area (Å²) < 4.78 is 35.7. The Morgan fingerprint density at radius 3 is 2.60 bits per heavy atom. The van der Waals surface area contributed by atoms with Gasteiger partial charge in [-0.3, -0.25) is 4.79 Å².